The summed E-state index contributed by atoms with van der Waals surface area (Å²) in [6.45, 7) is 0.617. The molecule has 2 nitrogen and oxygen atoms in total. The first-order valence-corrected chi connectivity index (χ1v) is 12.0. The first kappa shape index (κ1) is 27.4. The van der Waals surface area contributed by atoms with E-state index in [1.165, 1.54) is 24.3 Å². The highest BCUT2D eigenvalue weighted by Crippen LogP contribution is 2.32. The highest BCUT2D eigenvalue weighted by Gasteiger charge is 2.31. The summed E-state index contributed by atoms with van der Waals surface area (Å²) in [6, 6.07) is 28.7. The molecule has 2 atom stereocenters. The van der Waals surface area contributed by atoms with E-state index >= 15 is 0 Å². The van der Waals surface area contributed by atoms with E-state index in [-0.39, 0.29) is 12.1 Å². The van der Waals surface area contributed by atoms with Crippen molar-refractivity contribution in [3.8, 4) is 0 Å². The van der Waals surface area contributed by atoms with E-state index in [1.807, 2.05) is 60.7 Å². The van der Waals surface area contributed by atoms with Gasteiger partial charge in [-0.05, 0) is 46.5 Å². The van der Waals surface area contributed by atoms with Gasteiger partial charge in [0.2, 0.25) is 0 Å². The van der Waals surface area contributed by atoms with Gasteiger partial charge in [0.1, 0.15) is 0 Å². The van der Waals surface area contributed by atoms with Crippen LogP contribution in [0.3, 0.4) is 0 Å². The van der Waals surface area contributed by atoms with Gasteiger partial charge in [-0.25, -0.2) is 0 Å². The molecule has 4 rings (SSSR count). The minimum Gasteiger partial charge on any atom is -0.304 e. The van der Waals surface area contributed by atoms with Crippen LogP contribution in [0.4, 0.5) is 26.3 Å². The van der Waals surface area contributed by atoms with Crippen LogP contribution in [0, 0.1) is 0 Å². The first-order valence-electron chi connectivity index (χ1n) is 12.0. The third-order valence-electron chi connectivity index (χ3n) is 6.27. The Bertz CT molecular complexity index is 1170. The lowest BCUT2D eigenvalue weighted by Crippen LogP contribution is -2.35. The second-order valence-corrected chi connectivity index (χ2v) is 8.93. The Hall–Kier alpha value is -3.62. The highest BCUT2D eigenvalue weighted by atomic mass is 19.4. The minimum absolute atomic E-state index is 0.296. The molecule has 0 aliphatic rings. The van der Waals surface area contributed by atoms with Gasteiger partial charge in [0.25, 0.3) is 0 Å². The van der Waals surface area contributed by atoms with E-state index in [1.54, 1.807) is 0 Å². The zero-order chi connectivity index (χ0) is 27.2. The van der Waals surface area contributed by atoms with Gasteiger partial charge in [-0.1, -0.05) is 84.9 Å². The molecule has 0 amide bonds. The molecule has 4 aromatic rings. The molecule has 0 aliphatic carbocycles. The molecule has 0 saturated heterocycles. The third-order valence-corrected chi connectivity index (χ3v) is 6.27. The Kier molecular flexibility index (Phi) is 8.54. The van der Waals surface area contributed by atoms with Crippen LogP contribution in [0.5, 0.6) is 0 Å². The van der Waals surface area contributed by atoms with Crippen molar-refractivity contribution in [3.05, 3.63) is 143 Å². The van der Waals surface area contributed by atoms with Crippen molar-refractivity contribution in [2.75, 3.05) is 0 Å². The van der Waals surface area contributed by atoms with Crippen molar-refractivity contribution in [2.24, 2.45) is 0 Å². The number of hydrogen-bond acceptors (Lipinski definition) is 2. The highest BCUT2D eigenvalue weighted by molar-refractivity contribution is 5.30. The number of alkyl halides is 6. The SMILES string of the molecule is FC(F)(F)c1ccc(CN[C@@H](c2ccccc2)[C@@H](NCc2ccc(C(F)(F)F)cc2)c2ccccc2)cc1. The van der Waals surface area contributed by atoms with Gasteiger partial charge in [0.05, 0.1) is 23.2 Å². The number of halogens is 6. The molecule has 0 heterocycles. The summed E-state index contributed by atoms with van der Waals surface area (Å²) in [5.74, 6) is 0. The van der Waals surface area contributed by atoms with Gasteiger partial charge >= 0.3 is 12.4 Å². The van der Waals surface area contributed by atoms with Crippen LogP contribution in [0.25, 0.3) is 0 Å². The van der Waals surface area contributed by atoms with Gasteiger partial charge in [-0.3, -0.25) is 0 Å². The normalized spacial score (nSPS) is 13.7. The Morgan fingerprint density at radius 1 is 0.447 bits per heavy atom. The van der Waals surface area contributed by atoms with E-state index in [0.717, 1.165) is 35.4 Å². The lowest BCUT2D eigenvalue weighted by atomic mass is 9.92. The van der Waals surface area contributed by atoms with Crippen molar-refractivity contribution in [2.45, 2.75) is 37.5 Å². The third kappa shape index (κ3) is 7.24. The van der Waals surface area contributed by atoms with E-state index in [0.29, 0.717) is 24.2 Å². The van der Waals surface area contributed by atoms with E-state index in [9.17, 15) is 26.3 Å². The average Bonchev–Trinajstić information content (AvgIpc) is 2.91. The number of hydrogen-bond donors (Lipinski definition) is 2. The molecule has 0 unspecified atom stereocenters. The summed E-state index contributed by atoms with van der Waals surface area (Å²) >= 11 is 0. The lowest BCUT2D eigenvalue weighted by molar-refractivity contribution is -0.138. The molecule has 8 heteroatoms. The summed E-state index contributed by atoms with van der Waals surface area (Å²) in [7, 11) is 0. The summed E-state index contributed by atoms with van der Waals surface area (Å²) in [6.07, 6.45) is -8.81. The maximum absolute atomic E-state index is 13.0. The predicted molar refractivity (Wildman–Crippen MR) is 135 cm³/mol. The summed E-state index contributed by atoms with van der Waals surface area (Å²) < 4.78 is 77.8. The average molecular weight is 529 g/mol. The molecular weight excluding hydrogens is 502 g/mol. The van der Waals surface area contributed by atoms with E-state index in [2.05, 4.69) is 10.6 Å². The van der Waals surface area contributed by atoms with Crippen molar-refractivity contribution in [1.29, 1.82) is 0 Å². The minimum atomic E-state index is -4.40. The Morgan fingerprint density at radius 2 is 0.763 bits per heavy atom. The fourth-order valence-corrected chi connectivity index (χ4v) is 4.26. The molecule has 4 aromatic carbocycles. The molecule has 2 N–H and O–H groups in total. The molecule has 38 heavy (non-hydrogen) atoms. The lowest BCUT2D eigenvalue weighted by Gasteiger charge is -2.30. The van der Waals surface area contributed by atoms with Gasteiger partial charge in [-0.2, -0.15) is 26.3 Å². The maximum atomic E-state index is 13.0. The van der Waals surface area contributed by atoms with Crippen molar-refractivity contribution < 1.29 is 26.3 Å². The summed E-state index contributed by atoms with van der Waals surface area (Å²) in [5, 5.41) is 6.96. The van der Waals surface area contributed by atoms with Crippen LogP contribution < -0.4 is 10.6 Å². The number of benzene rings is 4. The van der Waals surface area contributed by atoms with Gasteiger partial charge in [-0.15, -0.1) is 0 Å². The largest absolute Gasteiger partial charge is 0.416 e. The molecule has 198 valence electrons. The Morgan fingerprint density at radius 3 is 1.05 bits per heavy atom. The van der Waals surface area contributed by atoms with Gasteiger partial charge in [0, 0.05) is 13.1 Å². The molecule has 0 fully saturated rings. The second kappa shape index (κ2) is 11.8. The first-order chi connectivity index (χ1) is 18.1. The van der Waals surface area contributed by atoms with Gasteiger partial charge < -0.3 is 10.6 Å². The van der Waals surface area contributed by atoms with Crippen LogP contribution >= 0.6 is 0 Å². The van der Waals surface area contributed by atoms with E-state index in [4.69, 9.17) is 0 Å². The topological polar surface area (TPSA) is 24.1 Å². The zero-order valence-electron chi connectivity index (χ0n) is 20.2. The molecule has 0 aromatic heterocycles. The summed E-state index contributed by atoms with van der Waals surface area (Å²) in [4.78, 5) is 0. The predicted octanol–water partition coefficient (Wildman–Crippen LogP) is 8.09. The molecular formula is C30H26F6N2. The Labute approximate surface area is 217 Å². The number of nitrogens with one attached hydrogen (secondary N) is 2. The molecule has 0 bridgehead atoms. The second-order valence-electron chi connectivity index (χ2n) is 8.93. The Balaban J connectivity index is 1.59. The van der Waals surface area contributed by atoms with Crippen molar-refractivity contribution in [3.63, 3.8) is 0 Å². The van der Waals surface area contributed by atoms with Crippen LogP contribution in [0.2, 0.25) is 0 Å². The smallest absolute Gasteiger partial charge is 0.304 e. The monoisotopic (exact) mass is 528 g/mol. The van der Waals surface area contributed by atoms with Crippen LogP contribution in [-0.2, 0) is 25.4 Å². The van der Waals surface area contributed by atoms with E-state index < -0.39 is 23.5 Å². The van der Waals surface area contributed by atoms with Crippen molar-refractivity contribution >= 4 is 0 Å². The standard InChI is InChI=1S/C30H26F6N2/c31-29(32,33)25-15-11-21(12-16-25)19-37-27(23-7-3-1-4-8-23)28(24-9-5-2-6-10-24)38-20-22-13-17-26(18-14-22)30(34,35)36/h1-18,27-28,37-38H,19-20H2/t27-,28-/m0/s1. The van der Waals surface area contributed by atoms with Crippen LogP contribution in [0.1, 0.15) is 45.5 Å². The zero-order valence-corrected chi connectivity index (χ0v) is 20.2. The molecule has 0 spiro atoms. The van der Waals surface area contributed by atoms with Crippen molar-refractivity contribution in [1.82, 2.24) is 10.6 Å². The fraction of sp³-hybridized carbons (Fsp3) is 0.200. The van der Waals surface area contributed by atoms with Gasteiger partial charge in [0.15, 0.2) is 0 Å². The molecule has 0 radical (unpaired) electrons. The quantitative estimate of drug-likeness (QED) is 0.215. The van der Waals surface area contributed by atoms with Crippen LogP contribution in [-0.4, -0.2) is 0 Å². The summed E-state index contributed by atoms with van der Waals surface area (Å²) in [5.41, 5.74) is 1.87. The maximum Gasteiger partial charge on any atom is 0.416 e. The molecule has 0 aliphatic heterocycles. The molecule has 0 saturated carbocycles. The number of rotatable bonds is 9. The fourth-order valence-electron chi connectivity index (χ4n) is 4.26. The van der Waals surface area contributed by atoms with Crippen LogP contribution in [0.15, 0.2) is 109 Å².